The molecule has 0 radical (unpaired) electrons. The van der Waals surface area contributed by atoms with Crippen LogP contribution in [0.15, 0.2) is 36.4 Å². The molecule has 1 heterocycles. The van der Waals surface area contributed by atoms with E-state index in [2.05, 4.69) is 10.4 Å². The standard InChI is InChI=1S/C21H29N3O5/c1-5-9-15(20(27)28)22-19(26)16-12-18(29-13-17(25)21(2,3)4)24(23-16)14-10-7-6-8-11-14/h6-8,10-12,15,20,27-28H,5,9,13H2,1-4H3,(H,22,26)/t15-/m0/s1. The average Bonchev–Trinajstić information content (AvgIpc) is 3.10. The number of carbonyl (C=O) groups excluding carboxylic acids is 2. The van der Waals surface area contributed by atoms with Gasteiger partial charge in [0.15, 0.2) is 17.8 Å². The number of nitrogens with zero attached hydrogens (tertiary/aromatic N) is 2. The van der Waals surface area contributed by atoms with Gasteiger partial charge >= 0.3 is 0 Å². The Bertz CT molecular complexity index is 825. The molecular formula is C21H29N3O5. The molecule has 0 aliphatic carbocycles. The van der Waals surface area contributed by atoms with Gasteiger partial charge in [-0.1, -0.05) is 52.3 Å². The van der Waals surface area contributed by atoms with Crippen molar-refractivity contribution in [3.05, 3.63) is 42.1 Å². The van der Waals surface area contributed by atoms with Crippen molar-refractivity contribution in [2.45, 2.75) is 52.9 Å². The number of para-hydroxylation sites is 1. The number of carbonyl (C=O) groups is 2. The monoisotopic (exact) mass is 403 g/mol. The lowest BCUT2D eigenvalue weighted by molar-refractivity contribution is -0.128. The second kappa shape index (κ2) is 9.67. The van der Waals surface area contributed by atoms with Crippen LogP contribution in [0.1, 0.15) is 51.0 Å². The molecule has 0 saturated heterocycles. The van der Waals surface area contributed by atoms with Crippen LogP contribution in [-0.4, -0.2) is 50.6 Å². The fraction of sp³-hybridized carbons (Fsp3) is 0.476. The summed E-state index contributed by atoms with van der Waals surface area (Å²) >= 11 is 0. The number of hydrogen-bond acceptors (Lipinski definition) is 6. The van der Waals surface area contributed by atoms with Gasteiger partial charge in [-0.25, -0.2) is 4.68 Å². The maximum Gasteiger partial charge on any atom is 0.272 e. The molecule has 1 aromatic heterocycles. The van der Waals surface area contributed by atoms with E-state index in [1.165, 1.54) is 10.7 Å². The third-order valence-electron chi connectivity index (χ3n) is 4.37. The highest BCUT2D eigenvalue weighted by Crippen LogP contribution is 2.21. The number of hydrogen-bond donors (Lipinski definition) is 3. The maximum absolute atomic E-state index is 12.6. The quantitative estimate of drug-likeness (QED) is 0.553. The minimum absolute atomic E-state index is 0.0498. The van der Waals surface area contributed by atoms with Crippen molar-refractivity contribution in [1.82, 2.24) is 15.1 Å². The Balaban J connectivity index is 2.29. The number of nitrogens with one attached hydrogen (secondary N) is 1. The lowest BCUT2D eigenvalue weighted by Gasteiger charge is -2.18. The number of ether oxygens (including phenoxy) is 1. The maximum atomic E-state index is 12.6. The van der Waals surface area contributed by atoms with Gasteiger partial charge in [-0.15, -0.1) is 0 Å². The molecule has 2 rings (SSSR count). The Kier molecular flexibility index (Phi) is 7.53. The van der Waals surface area contributed by atoms with Gasteiger partial charge in [0.05, 0.1) is 11.7 Å². The summed E-state index contributed by atoms with van der Waals surface area (Å²) in [7, 11) is 0. The Morgan fingerprint density at radius 1 is 1.21 bits per heavy atom. The highest BCUT2D eigenvalue weighted by atomic mass is 16.5. The molecule has 0 fully saturated rings. The lowest BCUT2D eigenvalue weighted by atomic mass is 9.91. The van der Waals surface area contributed by atoms with E-state index in [-0.39, 0.29) is 24.0 Å². The zero-order valence-corrected chi connectivity index (χ0v) is 17.3. The number of Topliss-reactive ketones (excluding diaryl/α,β-unsaturated/α-hetero) is 1. The van der Waals surface area contributed by atoms with Gasteiger partial charge in [-0.3, -0.25) is 9.59 Å². The van der Waals surface area contributed by atoms with Crippen LogP contribution < -0.4 is 10.1 Å². The topological polar surface area (TPSA) is 114 Å². The van der Waals surface area contributed by atoms with Gasteiger partial charge in [0.2, 0.25) is 5.88 Å². The van der Waals surface area contributed by atoms with E-state index >= 15 is 0 Å². The van der Waals surface area contributed by atoms with Gasteiger partial charge in [0, 0.05) is 11.5 Å². The summed E-state index contributed by atoms with van der Waals surface area (Å²) in [5, 5.41) is 25.8. The molecule has 8 nitrogen and oxygen atoms in total. The third-order valence-corrected chi connectivity index (χ3v) is 4.37. The molecule has 0 aliphatic heterocycles. The molecule has 29 heavy (non-hydrogen) atoms. The normalized spacial score (nSPS) is 12.7. The van der Waals surface area contributed by atoms with Crippen molar-refractivity contribution in [2.24, 2.45) is 5.41 Å². The van der Waals surface area contributed by atoms with Crippen LogP contribution in [0, 0.1) is 5.41 Å². The minimum Gasteiger partial charge on any atom is -0.470 e. The van der Waals surface area contributed by atoms with Crippen molar-refractivity contribution < 1.29 is 24.5 Å². The smallest absolute Gasteiger partial charge is 0.272 e. The van der Waals surface area contributed by atoms with Crippen LogP contribution >= 0.6 is 0 Å². The van der Waals surface area contributed by atoms with Crippen LogP contribution in [0.5, 0.6) is 5.88 Å². The first-order chi connectivity index (χ1) is 13.6. The Labute approximate surface area is 170 Å². The first-order valence-electron chi connectivity index (χ1n) is 9.62. The first kappa shape index (κ1) is 22.6. The fourth-order valence-electron chi connectivity index (χ4n) is 2.54. The predicted octanol–water partition coefficient (Wildman–Crippen LogP) is 2.08. The van der Waals surface area contributed by atoms with Crippen molar-refractivity contribution in [1.29, 1.82) is 0 Å². The van der Waals surface area contributed by atoms with E-state index in [0.29, 0.717) is 18.5 Å². The molecule has 0 aliphatic rings. The van der Waals surface area contributed by atoms with Crippen LogP contribution in [0.4, 0.5) is 0 Å². The van der Waals surface area contributed by atoms with Gasteiger partial charge in [-0.05, 0) is 18.6 Å². The van der Waals surface area contributed by atoms with Crippen LogP contribution in [-0.2, 0) is 4.79 Å². The lowest BCUT2D eigenvalue weighted by Crippen LogP contribution is -2.43. The van der Waals surface area contributed by atoms with E-state index < -0.39 is 23.7 Å². The molecule has 0 bridgehead atoms. The molecule has 3 N–H and O–H groups in total. The summed E-state index contributed by atoms with van der Waals surface area (Å²) in [4.78, 5) is 24.8. The van der Waals surface area contributed by atoms with E-state index in [1.807, 2.05) is 25.1 Å². The molecule has 8 heteroatoms. The van der Waals surface area contributed by atoms with Gasteiger partial charge < -0.3 is 20.3 Å². The number of aliphatic hydroxyl groups is 2. The molecule has 0 saturated carbocycles. The number of ketones is 1. The van der Waals surface area contributed by atoms with E-state index in [1.54, 1.807) is 32.9 Å². The molecule has 1 amide bonds. The summed E-state index contributed by atoms with van der Waals surface area (Å²) in [6.07, 6.45) is -0.591. The SMILES string of the molecule is CCC[C@H](NC(=O)c1cc(OCC(=O)C(C)(C)C)n(-c2ccccc2)n1)C(O)O. The van der Waals surface area contributed by atoms with Crippen molar-refractivity contribution in [3.8, 4) is 11.6 Å². The molecule has 2 aromatic rings. The Hall–Kier alpha value is -2.71. The average molecular weight is 403 g/mol. The van der Waals surface area contributed by atoms with E-state index in [0.717, 1.165) is 0 Å². The minimum atomic E-state index is -1.67. The van der Waals surface area contributed by atoms with Gasteiger partial charge in [0.25, 0.3) is 5.91 Å². The Morgan fingerprint density at radius 3 is 2.41 bits per heavy atom. The summed E-state index contributed by atoms with van der Waals surface area (Å²) in [6.45, 7) is 7.14. The summed E-state index contributed by atoms with van der Waals surface area (Å²) in [5.41, 5.74) is 0.161. The molecule has 0 unspecified atom stereocenters. The third kappa shape index (κ3) is 6.13. The Morgan fingerprint density at radius 2 is 1.86 bits per heavy atom. The zero-order chi connectivity index (χ0) is 21.6. The van der Waals surface area contributed by atoms with Crippen LogP contribution in [0.3, 0.4) is 0 Å². The summed E-state index contributed by atoms with van der Waals surface area (Å²) < 4.78 is 7.12. The number of benzene rings is 1. The number of rotatable bonds is 9. The number of aliphatic hydroxyl groups excluding tert-OH is 1. The van der Waals surface area contributed by atoms with Crippen LogP contribution in [0.2, 0.25) is 0 Å². The van der Waals surface area contributed by atoms with Crippen LogP contribution in [0.25, 0.3) is 5.69 Å². The second-order valence-electron chi connectivity index (χ2n) is 7.86. The summed E-state index contributed by atoms with van der Waals surface area (Å²) in [6, 6.07) is 9.71. The summed E-state index contributed by atoms with van der Waals surface area (Å²) in [5.74, 6) is -0.399. The first-order valence-corrected chi connectivity index (χ1v) is 9.62. The molecule has 0 spiro atoms. The fourth-order valence-corrected chi connectivity index (χ4v) is 2.54. The van der Waals surface area contributed by atoms with Gasteiger partial charge in [0.1, 0.15) is 6.61 Å². The highest BCUT2D eigenvalue weighted by molar-refractivity contribution is 5.93. The van der Waals surface area contributed by atoms with Crippen molar-refractivity contribution in [3.63, 3.8) is 0 Å². The zero-order valence-electron chi connectivity index (χ0n) is 17.3. The largest absolute Gasteiger partial charge is 0.470 e. The second-order valence-corrected chi connectivity index (χ2v) is 7.86. The molecule has 1 aromatic carbocycles. The number of amides is 1. The van der Waals surface area contributed by atoms with Crippen molar-refractivity contribution in [2.75, 3.05) is 6.61 Å². The molecular weight excluding hydrogens is 374 g/mol. The van der Waals surface area contributed by atoms with E-state index in [9.17, 15) is 19.8 Å². The number of aromatic nitrogens is 2. The molecule has 158 valence electrons. The van der Waals surface area contributed by atoms with Crippen molar-refractivity contribution >= 4 is 11.7 Å². The van der Waals surface area contributed by atoms with Gasteiger partial charge in [-0.2, -0.15) is 5.10 Å². The highest BCUT2D eigenvalue weighted by Gasteiger charge is 2.25. The predicted molar refractivity (Wildman–Crippen MR) is 108 cm³/mol. The molecule has 1 atom stereocenters. The van der Waals surface area contributed by atoms with E-state index in [4.69, 9.17) is 4.74 Å².